The highest BCUT2D eigenvalue weighted by molar-refractivity contribution is 9.10. The van der Waals surface area contributed by atoms with Crippen LogP contribution in [0, 0.1) is 17.7 Å². The van der Waals surface area contributed by atoms with Crippen molar-refractivity contribution in [2.24, 2.45) is 11.8 Å². The lowest BCUT2D eigenvalue weighted by atomic mass is 9.83. The lowest BCUT2D eigenvalue weighted by Crippen LogP contribution is -2.28. The van der Waals surface area contributed by atoms with Crippen LogP contribution >= 0.6 is 15.9 Å². The van der Waals surface area contributed by atoms with Crippen LogP contribution in [0.1, 0.15) is 51.1 Å². The van der Waals surface area contributed by atoms with Crippen LogP contribution in [-0.4, -0.2) is 6.54 Å². The molecule has 1 aliphatic rings. The van der Waals surface area contributed by atoms with Gasteiger partial charge in [0, 0.05) is 16.1 Å². The highest BCUT2D eigenvalue weighted by Crippen LogP contribution is 2.28. The molecule has 0 heterocycles. The number of benzene rings is 1. The predicted octanol–water partition coefficient (Wildman–Crippen LogP) is 5.07. The zero-order valence-electron chi connectivity index (χ0n) is 11.8. The summed E-state index contributed by atoms with van der Waals surface area (Å²) in [5.74, 6) is 1.52. The van der Waals surface area contributed by atoms with Crippen molar-refractivity contribution in [1.82, 2.24) is 5.32 Å². The van der Waals surface area contributed by atoms with Crippen LogP contribution in [0.3, 0.4) is 0 Å². The zero-order chi connectivity index (χ0) is 13.8. The quantitative estimate of drug-likeness (QED) is 0.814. The first-order valence-electron chi connectivity index (χ1n) is 7.24. The van der Waals surface area contributed by atoms with Crippen molar-refractivity contribution in [2.75, 3.05) is 6.54 Å². The summed E-state index contributed by atoms with van der Waals surface area (Å²) in [6.45, 7) is 5.37. The van der Waals surface area contributed by atoms with Crippen LogP contribution in [0.25, 0.3) is 0 Å². The summed E-state index contributed by atoms with van der Waals surface area (Å²) in [4.78, 5) is 0. The molecule has 1 N–H and O–H groups in total. The van der Waals surface area contributed by atoms with E-state index in [1.54, 1.807) is 6.07 Å². The molecule has 0 saturated heterocycles. The lowest BCUT2D eigenvalue weighted by Gasteiger charge is -2.27. The Morgan fingerprint density at radius 2 is 2.00 bits per heavy atom. The van der Waals surface area contributed by atoms with Gasteiger partial charge in [-0.15, -0.1) is 0 Å². The van der Waals surface area contributed by atoms with E-state index in [9.17, 15) is 4.39 Å². The van der Waals surface area contributed by atoms with Crippen LogP contribution < -0.4 is 5.32 Å². The van der Waals surface area contributed by atoms with Crippen molar-refractivity contribution >= 4 is 15.9 Å². The monoisotopic (exact) mass is 327 g/mol. The van der Waals surface area contributed by atoms with Crippen LogP contribution in [0.2, 0.25) is 0 Å². The molecule has 1 unspecified atom stereocenters. The maximum absolute atomic E-state index is 13.8. The summed E-state index contributed by atoms with van der Waals surface area (Å²) in [5.41, 5.74) is 0.749. The summed E-state index contributed by atoms with van der Waals surface area (Å²) in [5, 5.41) is 3.49. The first-order chi connectivity index (χ1) is 9.06. The topological polar surface area (TPSA) is 12.0 Å². The minimum absolute atomic E-state index is 0.0665. The Labute approximate surface area is 124 Å². The van der Waals surface area contributed by atoms with Gasteiger partial charge in [-0.25, -0.2) is 4.39 Å². The summed E-state index contributed by atoms with van der Waals surface area (Å²) in [6, 6.07) is 5.21. The van der Waals surface area contributed by atoms with E-state index in [0.29, 0.717) is 0 Å². The standard InChI is InChI=1S/C16H23BrFN/c1-11-3-5-13(6-4-11)10-19-12(2)15-9-14(17)7-8-16(15)18/h7-9,11-13,19H,3-6,10H2,1-2H3. The molecule has 19 heavy (non-hydrogen) atoms. The molecular weight excluding hydrogens is 305 g/mol. The second-order valence-corrected chi connectivity index (χ2v) is 6.84. The molecule has 0 radical (unpaired) electrons. The number of hydrogen-bond acceptors (Lipinski definition) is 1. The largest absolute Gasteiger partial charge is 0.310 e. The summed E-state index contributed by atoms with van der Waals surface area (Å²) in [7, 11) is 0. The number of nitrogens with one attached hydrogen (secondary N) is 1. The number of hydrogen-bond donors (Lipinski definition) is 1. The van der Waals surface area contributed by atoms with Crippen molar-refractivity contribution in [3.63, 3.8) is 0 Å². The third-order valence-electron chi connectivity index (χ3n) is 4.27. The molecule has 0 bridgehead atoms. The lowest BCUT2D eigenvalue weighted by molar-refractivity contribution is 0.275. The van der Waals surface area contributed by atoms with Gasteiger partial charge in [-0.1, -0.05) is 35.7 Å². The van der Waals surface area contributed by atoms with Crippen LogP contribution in [0.4, 0.5) is 4.39 Å². The summed E-state index contributed by atoms with van der Waals surface area (Å²) in [6.07, 6.45) is 5.29. The minimum atomic E-state index is -0.125. The average molecular weight is 328 g/mol. The van der Waals surface area contributed by atoms with Crippen LogP contribution in [0.5, 0.6) is 0 Å². The Morgan fingerprint density at radius 3 is 2.68 bits per heavy atom. The van der Waals surface area contributed by atoms with Crippen molar-refractivity contribution in [1.29, 1.82) is 0 Å². The normalized spacial score (nSPS) is 25.3. The molecule has 1 aromatic rings. The van der Waals surface area contributed by atoms with Crippen LogP contribution in [-0.2, 0) is 0 Å². The van der Waals surface area contributed by atoms with E-state index in [-0.39, 0.29) is 11.9 Å². The van der Waals surface area contributed by atoms with Gasteiger partial charge >= 0.3 is 0 Å². The fourth-order valence-corrected chi connectivity index (χ4v) is 3.21. The molecule has 1 nitrogen and oxygen atoms in total. The van der Waals surface area contributed by atoms with E-state index in [4.69, 9.17) is 0 Å². The van der Waals surface area contributed by atoms with Gasteiger partial charge < -0.3 is 5.32 Å². The first kappa shape index (κ1) is 15.0. The molecule has 0 aromatic heterocycles. The Bertz CT molecular complexity index is 413. The Hall–Kier alpha value is -0.410. The third-order valence-corrected chi connectivity index (χ3v) is 4.77. The number of rotatable bonds is 4. The second-order valence-electron chi connectivity index (χ2n) is 5.92. The molecule has 1 aromatic carbocycles. The van der Waals surface area contributed by atoms with Gasteiger partial charge in [0.05, 0.1) is 0 Å². The molecule has 0 amide bonds. The van der Waals surface area contributed by atoms with Crippen molar-refractivity contribution in [2.45, 2.75) is 45.6 Å². The molecule has 3 heteroatoms. The van der Waals surface area contributed by atoms with Crippen molar-refractivity contribution in [3.8, 4) is 0 Å². The average Bonchev–Trinajstić information content (AvgIpc) is 2.40. The number of halogens is 2. The molecule has 1 atom stereocenters. The molecule has 106 valence electrons. The molecule has 0 aliphatic heterocycles. The van der Waals surface area contributed by atoms with Gasteiger partial charge in [0.1, 0.15) is 5.82 Å². The zero-order valence-corrected chi connectivity index (χ0v) is 13.3. The van der Waals surface area contributed by atoms with E-state index in [2.05, 4.69) is 28.2 Å². The van der Waals surface area contributed by atoms with E-state index >= 15 is 0 Å². The van der Waals surface area contributed by atoms with E-state index < -0.39 is 0 Å². The third kappa shape index (κ3) is 4.28. The Balaban J connectivity index is 1.87. The Kier molecular flexibility index (Phi) is 5.40. The SMILES string of the molecule is CC1CCC(CNC(C)c2cc(Br)ccc2F)CC1. The van der Waals surface area contributed by atoms with Gasteiger partial charge in [-0.05, 0) is 56.3 Å². The Morgan fingerprint density at radius 1 is 1.32 bits per heavy atom. The van der Waals surface area contributed by atoms with Gasteiger partial charge in [0.25, 0.3) is 0 Å². The maximum atomic E-state index is 13.8. The molecular formula is C16H23BrFN. The summed E-state index contributed by atoms with van der Waals surface area (Å²) >= 11 is 3.40. The van der Waals surface area contributed by atoms with Crippen molar-refractivity contribution in [3.05, 3.63) is 34.1 Å². The second kappa shape index (κ2) is 6.85. The van der Waals surface area contributed by atoms with E-state index in [1.165, 1.54) is 31.7 Å². The van der Waals surface area contributed by atoms with Gasteiger partial charge in [0.15, 0.2) is 0 Å². The molecule has 2 rings (SSSR count). The highest BCUT2D eigenvalue weighted by Gasteiger charge is 2.19. The van der Waals surface area contributed by atoms with Crippen LogP contribution in [0.15, 0.2) is 22.7 Å². The van der Waals surface area contributed by atoms with E-state index in [1.807, 2.05) is 13.0 Å². The molecule has 1 saturated carbocycles. The first-order valence-corrected chi connectivity index (χ1v) is 8.04. The maximum Gasteiger partial charge on any atom is 0.128 e. The van der Waals surface area contributed by atoms with Gasteiger partial charge in [-0.3, -0.25) is 0 Å². The van der Waals surface area contributed by atoms with Gasteiger partial charge in [0.2, 0.25) is 0 Å². The minimum Gasteiger partial charge on any atom is -0.310 e. The molecule has 1 fully saturated rings. The predicted molar refractivity (Wildman–Crippen MR) is 81.6 cm³/mol. The fraction of sp³-hybridized carbons (Fsp3) is 0.625. The van der Waals surface area contributed by atoms with Crippen molar-refractivity contribution < 1.29 is 4.39 Å². The molecule has 1 aliphatic carbocycles. The highest BCUT2D eigenvalue weighted by atomic mass is 79.9. The van der Waals surface area contributed by atoms with E-state index in [0.717, 1.165) is 28.4 Å². The summed E-state index contributed by atoms with van der Waals surface area (Å²) < 4.78 is 14.7. The molecule has 0 spiro atoms. The fourth-order valence-electron chi connectivity index (χ4n) is 2.83. The van der Waals surface area contributed by atoms with Gasteiger partial charge in [-0.2, -0.15) is 0 Å². The smallest absolute Gasteiger partial charge is 0.128 e.